The van der Waals surface area contributed by atoms with Crippen LogP contribution in [-0.2, 0) is 26.1 Å². The number of carbonyl (C=O) groups is 1. The van der Waals surface area contributed by atoms with Crippen LogP contribution in [-0.4, -0.2) is 51.4 Å². The molecule has 8 nitrogen and oxygen atoms in total. The number of halogens is 1. The minimum absolute atomic E-state index is 0.0374. The monoisotopic (exact) mass is 464 g/mol. The van der Waals surface area contributed by atoms with E-state index in [1.165, 1.54) is 37.4 Å². The summed E-state index contributed by atoms with van der Waals surface area (Å²) in [6.07, 6.45) is 1.53. The van der Waals surface area contributed by atoms with E-state index in [4.69, 9.17) is 9.47 Å². The van der Waals surface area contributed by atoms with E-state index in [0.29, 0.717) is 11.3 Å². The van der Waals surface area contributed by atoms with Crippen LogP contribution in [0.15, 0.2) is 65.6 Å². The lowest BCUT2D eigenvalue weighted by Gasteiger charge is -2.31. The van der Waals surface area contributed by atoms with Crippen LogP contribution in [0.1, 0.15) is 12.0 Å². The van der Waals surface area contributed by atoms with E-state index in [-0.39, 0.29) is 23.8 Å². The molecule has 2 aromatic rings. The molecule has 0 aliphatic carbocycles. The average Bonchev–Trinajstić information content (AvgIpc) is 2.79. The number of carbonyl (C=O) groups excluding carboxylic acids is 1. The molecule has 10 heteroatoms. The average molecular weight is 465 g/mol. The SMILES string of the molecule is COc1ccc(S(=O)(=O)N[C@@H]2C=C[C@H](CC(=O)NCc3ccccc3F)O[C@H]2CO)cc1. The summed E-state index contributed by atoms with van der Waals surface area (Å²) in [4.78, 5) is 12.2. The van der Waals surface area contributed by atoms with Gasteiger partial charge in [-0.25, -0.2) is 17.5 Å². The van der Waals surface area contributed by atoms with E-state index in [1.807, 2.05) is 0 Å². The fourth-order valence-electron chi connectivity index (χ4n) is 3.20. The lowest BCUT2D eigenvalue weighted by atomic mass is 10.1. The molecule has 1 heterocycles. The quantitative estimate of drug-likeness (QED) is 0.485. The molecule has 0 saturated carbocycles. The molecule has 172 valence electrons. The maximum absolute atomic E-state index is 13.7. The topological polar surface area (TPSA) is 114 Å². The van der Waals surface area contributed by atoms with Gasteiger partial charge in [0, 0.05) is 12.1 Å². The van der Waals surface area contributed by atoms with Gasteiger partial charge in [0.2, 0.25) is 15.9 Å². The van der Waals surface area contributed by atoms with Crippen LogP contribution < -0.4 is 14.8 Å². The van der Waals surface area contributed by atoms with Crippen LogP contribution in [0, 0.1) is 5.82 Å². The number of hydrogen-bond acceptors (Lipinski definition) is 6. The Morgan fingerprint density at radius 1 is 1.16 bits per heavy atom. The van der Waals surface area contributed by atoms with Crippen molar-refractivity contribution in [1.82, 2.24) is 10.0 Å². The maximum atomic E-state index is 13.7. The second-order valence-corrected chi connectivity index (χ2v) is 8.89. The molecular formula is C22H25FN2O6S. The molecule has 1 aliphatic heterocycles. The minimum atomic E-state index is -3.87. The molecule has 1 amide bonds. The number of methoxy groups -OCH3 is 1. The number of aliphatic hydroxyl groups is 1. The molecule has 3 rings (SSSR count). The molecule has 0 spiro atoms. The van der Waals surface area contributed by atoms with Crippen LogP contribution in [0.2, 0.25) is 0 Å². The number of aliphatic hydroxyl groups excluding tert-OH is 1. The summed E-state index contributed by atoms with van der Waals surface area (Å²) < 4.78 is 52.2. The van der Waals surface area contributed by atoms with Crippen LogP contribution in [0.3, 0.4) is 0 Å². The van der Waals surface area contributed by atoms with Crippen molar-refractivity contribution in [2.45, 2.75) is 36.1 Å². The summed E-state index contributed by atoms with van der Waals surface area (Å²) in [5, 5.41) is 12.3. The molecule has 3 N–H and O–H groups in total. The maximum Gasteiger partial charge on any atom is 0.241 e. The lowest BCUT2D eigenvalue weighted by molar-refractivity contribution is -0.125. The predicted octanol–water partition coefficient (Wildman–Crippen LogP) is 1.50. The van der Waals surface area contributed by atoms with Gasteiger partial charge in [0.25, 0.3) is 0 Å². The molecule has 0 unspecified atom stereocenters. The molecule has 1 aliphatic rings. The van der Waals surface area contributed by atoms with Gasteiger partial charge in [-0.05, 0) is 30.3 Å². The Labute approximate surface area is 186 Å². The fourth-order valence-corrected chi connectivity index (χ4v) is 4.42. The van der Waals surface area contributed by atoms with Gasteiger partial charge in [-0.1, -0.05) is 30.4 Å². The summed E-state index contributed by atoms with van der Waals surface area (Å²) in [5.41, 5.74) is 0.363. The number of rotatable bonds is 9. The number of benzene rings is 2. The molecule has 0 bridgehead atoms. The third-order valence-electron chi connectivity index (χ3n) is 4.94. The first kappa shape index (κ1) is 23.9. The van der Waals surface area contributed by atoms with E-state index in [0.717, 1.165) is 0 Å². The Bertz CT molecular complexity index is 1060. The normalized spacial score (nSPS) is 20.7. The van der Waals surface area contributed by atoms with Crippen molar-refractivity contribution in [3.8, 4) is 5.75 Å². The molecule has 3 atom stereocenters. The van der Waals surface area contributed by atoms with Gasteiger partial charge in [0.1, 0.15) is 17.7 Å². The number of ether oxygens (including phenoxy) is 2. The van der Waals surface area contributed by atoms with Crippen LogP contribution in [0.5, 0.6) is 5.75 Å². The predicted molar refractivity (Wildman–Crippen MR) is 115 cm³/mol. The zero-order valence-corrected chi connectivity index (χ0v) is 18.2. The standard InChI is InChI=1S/C22H25FN2O6S/c1-30-16-6-9-18(10-7-16)32(28,29)25-20-11-8-17(31-21(20)14-26)12-22(27)24-13-15-4-2-3-5-19(15)23/h2-11,17,20-21,25-26H,12-14H2,1H3,(H,24,27)/t17-,20-,21+/m1/s1. The Kier molecular flexibility index (Phi) is 7.97. The Balaban J connectivity index is 1.59. The molecule has 0 saturated heterocycles. The van der Waals surface area contributed by atoms with Crippen molar-refractivity contribution in [3.05, 3.63) is 72.1 Å². The summed E-state index contributed by atoms with van der Waals surface area (Å²) >= 11 is 0. The number of sulfonamides is 1. The van der Waals surface area contributed by atoms with Gasteiger partial charge in [-0.15, -0.1) is 0 Å². The largest absolute Gasteiger partial charge is 0.497 e. The third kappa shape index (κ3) is 6.13. The van der Waals surface area contributed by atoms with Crippen molar-refractivity contribution in [2.75, 3.05) is 13.7 Å². The minimum Gasteiger partial charge on any atom is -0.497 e. The lowest BCUT2D eigenvalue weighted by Crippen LogP contribution is -2.49. The van der Waals surface area contributed by atoms with Crippen molar-refractivity contribution >= 4 is 15.9 Å². The first-order valence-corrected chi connectivity index (χ1v) is 11.4. The smallest absolute Gasteiger partial charge is 0.241 e. The third-order valence-corrected chi connectivity index (χ3v) is 6.42. The molecular weight excluding hydrogens is 439 g/mol. The molecule has 2 aromatic carbocycles. The Hall–Kier alpha value is -2.79. The highest BCUT2D eigenvalue weighted by molar-refractivity contribution is 7.89. The Morgan fingerprint density at radius 3 is 2.53 bits per heavy atom. The van der Waals surface area contributed by atoms with Crippen LogP contribution in [0.4, 0.5) is 4.39 Å². The highest BCUT2D eigenvalue weighted by Gasteiger charge is 2.31. The van der Waals surface area contributed by atoms with Gasteiger partial charge >= 0.3 is 0 Å². The highest BCUT2D eigenvalue weighted by atomic mass is 32.2. The fraction of sp³-hybridized carbons (Fsp3) is 0.318. The van der Waals surface area contributed by atoms with Crippen molar-refractivity contribution < 1.29 is 32.2 Å². The summed E-state index contributed by atoms with van der Waals surface area (Å²) in [7, 11) is -2.39. The molecule has 0 fully saturated rings. The van der Waals surface area contributed by atoms with Crippen LogP contribution >= 0.6 is 0 Å². The second kappa shape index (κ2) is 10.7. The van der Waals surface area contributed by atoms with Crippen molar-refractivity contribution in [1.29, 1.82) is 0 Å². The van der Waals surface area contributed by atoms with Crippen LogP contribution in [0.25, 0.3) is 0 Å². The van der Waals surface area contributed by atoms with E-state index >= 15 is 0 Å². The van der Waals surface area contributed by atoms with Gasteiger partial charge < -0.3 is 19.9 Å². The first-order valence-electron chi connectivity index (χ1n) is 9.93. The zero-order chi connectivity index (χ0) is 23.1. The molecule has 0 radical (unpaired) electrons. The summed E-state index contributed by atoms with van der Waals surface area (Å²) in [5.74, 6) is -0.250. The summed E-state index contributed by atoms with van der Waals surface area (Å²) in [6.45, 7) is -0.414. The molecule has 32 heavy (non-hydrogen) atoms. The zero-order valence-electron chi connectivity index (χ0n) is 17.4. The van der Waals surface area contributed by atoms with Gasteiger partial charge in [0.05, 0.1) is 37.2 Å². The number of amides is 1. The van der Waals surface area contributed by atoms with Gasteiger partial charge in [-0.3, -0.25) is 4.79 Å². The highest BCUT2D eigenvalue weighted by Crippen LogP contribution is 2.20. The van der Waals surface area contributed by atoms with Gasteiger partial charge in [-0.2, -0.15) is 0 Å². The first-order chi connectivity index (χ1) is 15.3. The van der Waals surface area contributed by atoms with E-state index in [9.17, 15) is 22.7 Å². The molecule has 0 aromatic heterocycles. The number of nitrogens with one attached hydrogen (secondary N) is 2. The van der Waals surface area contributed by atoms with Gasteiger partial charge in [0.15, 0.2) is 0 Å². The second-order valence-electron chi connectivity index (χ2n) is 7.18. The van der Waals surface area contributed by atoms with E-state index < -0.39 is 40.7 Å². The summed E-state index contributed by atoms with van der Waals surface area (Å²) in [6, 6.07) is 11.2. The van der Waals surface area contributed by atoms with Crippen molar-refractivity contribution in [3.63, 3.8) is 0 Å². The van der Waals surface area contributed by atoms with E-state index in [1.54, 1.807) is 30.4 Å². The van der Waals surface area contributed by atoms with Crippen molar-refractivity contribution in [2.24, 2.45) is 0 Å². The number of hydrogen-bond donors (Lipinski definition) is 3. The van der Waals surface area contributed by atoms with E-state index in [2.05, 4.69) is 10.0 Å². The Morgan fingerprint density at radius 2 is 1.88 bits per heavy atom.